The Balaban J connectivity index is 0.000000342. The van der Waals surface area contributed by atoms with E-state index < -0.39 is 34.9 Å². The van der Waals surface area contributed by atoms with E-state index in [9.17, 15) is 27.0 Å². The van der Waals surface area contributed by atoms with Gasteiger partial charge in [0, 0.05) is 34.0 Å². The summed E-state index contributed by atoms with van der Waals surface area (Å²) in [5.74, 6) is 0. The van der Waals surface area contributed by atoms with Gasteiger partial charge in [-0.05, 0) is 16.7 Å². The zero-order valence-electron chi connectivity index (χ0n) is 19.1. The van der Waals surface area contributed by atoms with Crippen molar-refractivity contribution in [1.82, 2.24) is 0 Å². The van der Waals surface area contributed by atoms with Crippen molar-refractivity contribution in [2.24, 2.45) is 0 Å². The molecule has 2 aromatic rings. The Bertz CT molecular complexity index is 1030. The number of hydrogen-bond acceptors (Lipinski definition) is 8. The lowest BCUT2D eigenvalue weighted by molar-refractivity contribution is 0.0961. The minimum Gasteiger partial charge on any atom is -0.312 e. The molecule has 0 aromatic heterocycles. The lowest BCUT2D eigenvalue weighted by Crippen LogP contribution is -2.08. The Morgan fingerprint density at radius 2 is 1.15 bits per heavy atom. The maximum absolute atomic E-state index is 13.4. The first-order valence-electron chi connectivity index (χ1n) is 9.61. The summed E-state index contributed by atoms with van der Waals surface area (Å²) in [4.78, 5) is 0. The van der Waals surface area contributed by atoms with Gasteiger partial charge in [-0.25, -0.2) is 0 Å². The second-order valence-corrected chi connectivity index (χ2v) is 12.5. The summed E-state index contributed by atoms with van der Waals surface area (Å²) in [6.45, 7) is 0. The quantitative estimate of drug-likeness (QED) is 0.248. The summed E-state index contributed by atoms with van der Waals surface area (Å²) in [7, 11) is -2.70. The molecule has 0 atom stereocenters. The molecule has 0 aliphatic heterocycles. The number of alkyl halides is 2. The van der Waals surface area contributed by atoms with Crippen molar-refractivity contribution in [3.05, 3.63) is 70.8 Å². The van der Waals surface area contributed by atoms with E-state index in [0.29, 0.717) is 6.16 Å². The maximum Gasteiger partial charge on any atom is 0.350 e. The molecule has 14 heteroatoms. The highest BCUT2D eigenvalue weighted by atomic mass is 31.2. The van der Waals surface area contributed by atoms with Crippen molar-refractivity contribution >= 4 is 32.1 Å². The predicted molar refractivity (Wildman–Crippen MR) is 126 cm³/mol. The Hall–Kier alpha value is -1.20. The van der Waals surface area contributed by atoms with Crippen LogP contribution in [0.4, 0.5) is 8.78 Å². The van der Waals surface area contributed by atoms with E-state index in [-0.39, 0.29) is 26.3 Å². The molecular formula is C20H26F2O8P4. The third kappa shape index (κ3) is 9.11. The molecule has 0 spiro atoms. The van der Waals surface area contributed by atoms with E-state index in [1.165, 1.54) is 46.6 Å². The third-order valence-electron chi connectivity index (χ3n) is 4.65. The molecule has 2 rings (SSSR count). The first-order chi connectivity index (χ1) is 16.0. The molecule has 0 bridgehead atoms. The van der Waals surface area contributed by atoms with Crippen LogP contribution < -0.4 is 0 Å². The molecule has 0 fully saturated rings. The lowest BCUT2D eigenvalue weighted by atomic mass is 10.1. The van der Waals surface area contributed by atoms with Gasteiger partial charge in [-0.3, -0.25) is 18.3 Å². The molecule has 0 radical (unpaired) electrons. The number of benzene rings is 2. The maximum atomic E-state index is 13.4. The van der Waals surface area contributed by atoms with Crippen LogP contribution in [0.2, 0.25) is 0 Å². The van der Waals surface area contributed by atoms with Crippen molar-refractivity contribution in [3.8, 4) is 0 Å². The monoisotopic (exact) mass is 556 g/mol. The van der Waals surface area contributed by atoms with Gasteiger partial charge in [0.2, 0.25) is 8.46 Å². The second kappa shape index (κ2) is 14.4. The Labute approximate surface area is 200 Å². The van der Waals surface area contributed by atoms with Crippen LogP contribution in [0.1, 0.15) is 22.3 Å². The van der Waals surface area contributed by atoms with Crippen LogP contribution in [-0.2, 0) is 60.5 Å². The van der Waals surface area contributed by atoms with Gasteiger partial charge in [-0.2, -0.15) is 8.78 Å². The molecule has 0 saturated heterocycles. The topological polar surface area (TPSA) is 105 Å². The van der Waals surface area contributed by atoms with E-state index in [1.807, 2.05) is 24.3 Å². The third-order valence-corrected chi connectivity index (χ3v) is 9.27. The van der Waals surface area contributed by atoms with Crippen LogP contribution in [0.15, 0.2) is 48.5 Å². The fourth-order valence-electron chi connectivity index (χ4n) is 2.76. The van der Waals surface area contributed by atoms with E-state index in [2.05, 4.69) is 0 Å². The van der Waals surface area contributed by atoms with Crippen molar-refractivity contribution < 1.29 is 45.1 Å². The summed E-state index contributed by atoms with van der Waals surface area (Å²) in [6.07, 6.45) is 0.302. The van der Waals surface area contributed by atoms with Crippen molar-refractivity contribution in [2.75, 3.05) is 28.4 Å². The van der Waals surface area contributed by atoms with Crippen LogP contribution in [-0.4, -0.2) is 28.4 Å². The van der Waals surface area contributed by atoms with Gasteiger partial charge < -0.3 is 18.1 Å². The van der Waals surface area contributed by atoms with Crippen LogP contribution in [0.5, 0.6) is 0 Å². The van der Waals surface area contributed by atoms with Gasteiger partial charge in [-0.15, -0.1) is 0 Å². The molecule has 8 nitrogen and oxygen atoms in total. The minimum atomic E-state index is -3.52. The SMILES string of the molecule is COP(=O)(Cc1ccccc1C(F)(F)P=O)OC.COP(=O)(Cc1ccccc1CP=O)OC. The Morgan fingerprint density at radius 1 is 0.735 bits per heavy atom. The van der Waals surface area contributed by atoms with E-state index in [4.69, 9.17) is 18.1 Å². The largest absolute Gasteiger partial charge is 0.350 e. The minimum absolute atomic E-state index is 0.0434. The number of halogens is 2. The number of hydrogen-bond donors (Lipinski definition) is 0. The average Bonchev–Trinajstić information content (AvgIpc) is 2.86. The molecule has 0 saturated carbocycles. The standard InChI is InChI=1S/C10H12F2O4P2.C10H14O4P2/c1-15-18(14,16-2)7-8-5-3-4-6-9(8)10(11,12)17-13;1-13-16(12,14-2)8-10-6-4-3-5-9(10)7-15-11/h3-6H,7H2,1-2H3;3-6H,7-8H2,1-2H3. The number of rotatable bonds is 12. The highest BCUT2D eigenvalue weighted by Gasteiger charge is 2.36. The lowest BCUT2D eigenvalue weighted by Gasteiger charge is -2.17. The Morgan fingerprint density at radius 3 is 1.59 bits per heavy atom. The molecule has 0 N–H and O–H groups in total. The van der Waals surface area contributed by atoms with Crippen LogP contribution in [0, 0.1) is 0 Å². The molecule has 0 unspecified atom stereocenters. The zero-order valence-corrected chi connectivity index (χ0v) is 22.6. The van der Waals surface area contributed by atoms with Crippen molar-refractivity contribution in [2.45, 2.75) is 24.1 Å². The van der Waals surface area contributed by atoms with Gasteiger partial charge in [0.25, 0.3) is 0 Å². The normalized spacial score (nSPS) is 12.4. The van der Waals surface area contributed by atoms with E-state index in [0.717, 1.165) is 17.2 Å². The zero-order chi connectivity index (χ0) is 25.8. The molecule has 2 aromatic carbocycles. The smallest absolute Gasteiger partial charge is 0.312 e. The molecule has 0 aliphatic carbocycles. The molecule has 188 valence electrons. The summed E-state index contributed by atoms with van der Waals surface area (Å²) >= 11 is 0. The molecule has 0 amide bonds. The summed E-state index contributed by atoms with van der Waals surface area (Å²) in [5, 5.41) is 0. The summed E-state index contributed by atoms with van der Waals surface area (Å²) in [5.41, 5.74) is -2.15. The van der Waals surface area contributed by atoms with Crippen LogP contribution in [0.25, 0.3) is 0 Å². The van der Waals surface area contributed by atoms with Crippen LogP contribution in [0.3, 0.4) is 0 Å². The van der Waals surface area contributed by atoms with Gasteiger partial charge >= 0.3 is 20.9 Å². The summed E-state index contributed by atoms with van der Waals surface area (Å²) < 4.78 is 91.0. The molecular weight excluding hydrogens is 530 g/mol. The van der Waals surface area contributed by atoms with Gasteiger partial charge in [0.1, 0.15) is 0 Å². The van der Waals surface area contributed by atoms with E-state index >= 15 is 0 Å². The van der Waals surface area contributed by atoms with Gasteiger partial charge in [-0.1, -0.05) is 48.5 Å². The predicted octanol–water partition coefficient (Wildman–Crippen LogP) is 7.48. The van der Waals surface area contributed by atoms with Crippen LogP contribution >= 0.6 is 32.1 Å². The second-order valence-electron chi connectivity index (χ2n) is 6.61. The Kier molecular flexibility index (Phi) is 13.0. The van der Waals surface area contributed by atoms with Gasteiger partial charge in [0.05, 0.1) is 18.5 Å². The van der Waals surface area contributed by atoms with Crippen molar-refractivity contribution in [3.63, 3.8) is 0 Å². The van der Waals surface area contributed by atoms with Gasteiger partial charge in [0.15, 0.2) is 8.46 Å². The average molecular weight is 556 g/mol. The first kappa shape index (κ1) is 30.8. The molecule has 0 heterocycles. The van der Waals surface area contributed by atoms with Crippen molar-refractivity contribution in [1.29, 1.82) is 0 Å². The van der Waals surface area contributed by atoms with E-state index in [1.54, 1.807) is 0 Å². The highest BCUT2D eigenvalue weighted by Crippen LogP contribution is 2.52. The first-order valence-corrected chi connectivity index (χ1v) is 14.9. The highest BCUT2D eigenvalue weighted by molar-refractivity contribution is 7.53. The molecule has 34 heavy (non-hydrogen) atoms. The summed E-state index contributed by atoms with van der Waals surface area (Å²) in [6, 6.07) is 12.8. The molecule has 0 aliphatic rings. The fourth-order valence-corrected chi connectivity index (χ4v) is 5.76. The fraction of sp³-hybridized carbons (Fsp3) is 0.400.